The first-order valence-corrected chi connectivity index (χ1v) is 5.88. The fraction of sp³-hybridized carbons (Fsp3) is 0.231. The van der Waals surface area contributed by atoms with Gasteiger partial charge >= 0.3 is 11.9 Å². The molecule has 0 spiro atoms. The van der Waals surface area contributed by atoms with Gasteiger partial charge < -0.3 is 19.5 Å². The second-order valence-corrected chi connectivity index (χ2v) is 3.90. The van der Waals surface area contributed by atoms with Crippen molar-refractivity contribution in [2.24, 2.45) is 0 Å². The molecule has 0 aromatic heterocycles. The molecule has 20 heavy (non-hydrogen) atoms. The van der Waals surface area contributed by atoms with Crippen molar-refractivity contribution in [2.45, 2.75) is 0 Å². The third-order valence-corrected chi connectivity index (χ3v) is 2.71. The van der Waals surface area contributed by atoms with E-state index in [-0.39, 0.29) is 10.7 Å². The molecule has 0 aliphatic heterocycles. The van der Waals surface area contributed by atoms with Crippen LogP contribution in [0.4, 0.5) is 5.69 Å². The molecule has 1 rings (SSSR count). The standard InChI is InChI=1S/C13H14ClNO5/c1-18-10-6-4-5-8(12(10)14)15-9(13(17)20-3)7-11(16)19-2/h4-7,15H,1-3H3. The second-order valence-electron chi connectivity index (χ2n) is 3.52. The number of nitrogens with one attached hydrogen (secondary N) is 1. The minimum absolute atomic E-state index is 0.102. The molecule has 7 heteroatoms. The highest BCUT2D eigenvalue weighted by atomic mass is 35.5. The largest absolute Gasteiger partial charge is 0.495 e. The van der Waals surface area contributed by atoms with Crippen molar-refractivity contribution in [1.29, 1.82) is 0 Å². The Kier molecular flexibility index (Phi) is 5.86. The minimum atomic E-state index is -0.728. The van der Waals surface area contributed by atoms with Crippen LogP contribution in [0.2, 0.25) is 5.02 Å². The van der Waals surface area contributed by atoms with Crippen molar-refractivity contribution in [3.63, 3.8) is 0 Å². The number of carbonyl (C=O) groups excluding carboxylic acids is 2. The lowest BCUT2D eigenvalue weighted by Gasteiger charge is -2.12. The Bertz CT molecular complexity index is 542. The Morgan fingerprint density at radius 1 is 1.20 bits per heavy atom. The summed E-state index contributed by atoms with van der Waals surface area (Å²) in [5.74, 6) is -0.995. The predicted molar refractivity (Wildman–Crippen MR) is 73.7 cm³/mol. The number of methoxy groups -OCH3 is 3. The monoisotopic (exact) mass is 299 g/mol. The van der Waals surface area contributed by atoms with Gasteiger partial charge in [-0.3, -0.25) is 0 Å². The summed E-state index contributed by atoms with van der Waals surface area (Å²) in [5, 5.41) is 2.98. The molecule has 0 amide bonds. The Labute approximate surface area is 121 Å². The van der Waals surface area contributed by atoms with Crippen LogP contribution in [0.25, 0.3) is 0 Å². The molecule has 0 aliphatic rings. The van der Waals surface area contributed by atoms with Crippen molar-refractivity contribution in [1.82, 2.24) is 0 Å². The first-order valence-electron chi connectivity index (χ1n) is 5.51. The van der Waals surface area contributed by atoms with E-state index in [2.05, 4.69) is 14.8 Å². The number of anilines is 1. The fourth-order valence-electron chi connectivity index (χ4n) is 1.34. The highest BCUT2D eigenvalue weighted by Crippen LogP contribution is 2.32. The molecule has 108 valence electrons. The maximum atomic E-state index is 11.6. The summed E-state index contributed by atoms with van der Waals surface area (Å²) in [6.45, 7) is 0. The summed E-state index contributed by atoms with van der Waals surface area (Å²) in [7, 11) is 3.87. The normalized spacial score (nSPS) is 10.7. The highest BCUT2D eigenvalue weighted by Gasteiger charge is 2.15. The molecule has 6 nitrogen and oxygen atoms in total. The van der Waals surface area contributed by atoms with E-state index in [0.29, 0.717) is 11.4 Å². The van der Waals surface area contributed by atoms with Crippen LogP contribution in [0.1, 0.15) is 0 Å². The number of halogens is 1. The molecule has 1 aromatic carbocycles. The van der Waals surface area contributed by atoms with Crippen molar-refractivity contribution < 1.29 is 23.8 Å². The Morgan fingerprint density at radius 2 is 1.90 bits per heavy atom. The van der Waals surface area contributed by atoms with Gasteiger partial charge in [-0.25, -0.2) is 9.59 Å². The molecule has 0 atom stereocenters. The number of ether oxygens (including phenoxy) is 3. The lowest BCUT2D eigenvalue weighted by atomic mass is 10.2. The van der Waals surface area contributed by atoms with Crippen LogP contribution in [-0.4, -0.2) is 33.3 Å². The van der Waals surface area contributed by atoms with E-state index in [1.807, 2.05) is 0 Å². The minimum Gasteiger partial charge on any atom is -0.495 e. The van der Waals surface area contributed by atoms with Gasteiger partial charge in [0.15, 0.2) is 0 Å². The van der Waals surface area contributed by atoms with Gasteiger partial charge in [0.1, 0.15) is 16.5 Å². The second kappa shape index (κ2) is 7.40. The number of hydrogen-bond acceptors (Lipinski definition) is 6. The molecule has 0 unspecified atom stereocenters. The molecule has 0 bridgehead atoms. The molecule has 0 saturated heterocycles. The first-order chi connectivity index (χ1) is 9.53. The van der Waals surface area contributed by atoms with E-state index >= 15 is 0 Å². The molecule has 1 aromatic rings. The van der Waals surface area contributed by atoms with Crippen LogP contribution in [0.5, 0.6) is 5.75 Å². The van der Waals surface area contributed by atoms with Gasteiger partial charge in [-0.2, -0.15) is 0 Å². The topological polar surface area (TPSA) is 73.9 Å². The molecular formula is C13H14ClNO5. The summed E-state index contributed by atoms with van der Waals surface area (Å²) in [4.78, 5) is 22.8. The molecule has 0 saturated carbocycles. The van der Waals surface area contributed by atoms with Gasteiger partial charge in [0.25, 0.3) is 0 Å². The number of benzene rings is 1. The zero-order valence-electron chi connectivity index (χ0n) is 11.2. The summed E-state index contributed by atoms with van der Waals surface area (Å²) >= 11 is 6.09. The quantitative estimate of drug-likeness (QED) is 0.662. The average Bonchev–Trinajstić information content (AvgIpc) is 2.47. The van der Waals surface area contributed by atoms with Gasteiger partial charge in [0.2, 0.25) is 0 Å². The third kappa shape index (κ3) is 3.89. The van der Waals surface area contributed by atoms with Gasteiger partial charge in [-0.05, 0) is 12.1 Å². The van der Waals surface area contributed by atoms with E-state index in [1.165, 1.54) is 21.3 Å². The van der Waals surface area contributed by atoms with E-state index in [9.17, 15) is 9.59 Å². The summed E-state index contributed by atoms with van der Waals surface area (Å²) in [6, 6.07) is 4.97. The fourth-order valence-corrected chi connectivity index (χ4v) is 1.59. The van der Waals surface area contributed by atoms with Crippen LogP contribution in [0.15, 0.2) is 30.0 Å². The number of rotatable bonds is 5. The van der Waals surface area contributed by atoms with E-state index < -0.39 is 11.9 Å². The highest BCUT2D eigenvalue weighted by molar-refractivity contribution is 6.34. The van der Waals surface area contributed by atoms with E-state index in [4.69, 9.17) is 16.3 Å². The molecule has 0 heterocycles. The molecule has 0 aliphatic carbocycles. The van der Waals surface area contributed by atoms with Crippen LogP contribution in [-0.2, 0) is 19.1 Å². The Balaban J connectivity index is 3.11. The first kappa shape index (κ1) is 15.8. The average molecular weight is 300 g/mol. The lowest BCUT2D eigenvalue weighted by molar-refractivity contribution is -0.138. The lowest BCUT2D eigenvalue weighted by Crippen LogP contribution is -2.15. The molecule has 1 N–H and O–H groups in total. The van der Waals surface area contributed by atoms with Crippen molar-refractivity contribution in [3.05, 3.63) is 35.0 Å². The van der Waals surface area contributed by atoms with Gasteiger partial charge in [0.05, 0.1) is 33.1 Å². The molecule has 0 fully saturated rings. The van der Waals surface area contributed by atoms with Crippen LogP contribution in [0.3, 0.4) is 0 Å². The van der Waals surface area contributed by atoms with E-state index in [0.717, 1.165) is 6.08 Å². The number of hydrogen-bond donors (Lipinski definition) is 1. The molecule has 0 radical (unpaired) electrons. The number of esters is 2. The molecular weight excluding hydrogens is 286 g/mol. The van der Waals surface area contributed by atoms with Crippen molar-refractivity contribution in [2.75, 3.05) is 26.6 Å². The Hall–Kier alpha value is -2.21. The zero-order valence-corrected chi connectivity index (χ0v) is 12.0. The summed E-state index contributed by atoms with van der Waals surface area (Å²) in [6.07, 6.45) is 0.974. The van der Waals surface area contributed by atoms with Gasteiger partial charge in [-0.15, -0.1) is 0 Å². The van der Waals surface area contributed by atoms with E-state index in [1.54, 1.807) is 18.2 Å². The maximum absolute atomic E-state index is 11.6. The van der Waals surface area contributed by atoms with Crippen LogP contribution >= 0.6 is 11.6 Å². The Morgan fingerprint density at radius 3 is 2.45 bits per heavy atom. The zero-order chi connectivity index (χ0) is 15.1. The predicted octanol–water partition coefficient (Wildman–Crippen LogP) is 1.99. The SMILES string of the molecule is COC(=O)C=C(Nc1cccc(OC)c1Cl)C(=O)OC. The number of carbonyl (C=O) groups is 2. The summed E-state index contributed by atoms with van der Waals surface area (Å²) in [5.41, 5.74) is 0.293. The van der Waals surface area contributed by atoms with Crippen molar-refractivity contribution >= 4 is 29.2 Å². The van der Waals surface area contributed by atoms with Crippen LogP contribution < -0.4 is 10.1 Å². The smallest absolute Gasteiger partial charge is 0.354 e. The van der Waals surface area contributed by atoms with Crippen molar-refractivity contribution in [3.8, 4) is 5.75 Å². The summed E-state index contributed by atoms with van der Waals surface area (Å²) < 4.78 is 14.1. The maximum Gasteiger partial charge on any atom is 0.354 e. The van der Waals surface area contributed by atoms with Gasteiger partial charge in [0, 0.05) is 0 Å². The third-order valence-electron chi connectivity index (χ3n) is 2.32. The van der Waals surface area contributed by atoms with Gasteiger partial charge in [-0.1, -0.05) is 17.7 Å². The van der Waals surface area contributed by atoms with Crippen LogP contribution in [0, 0.1) is 0 Å².